The molecule has 196 valence electrons. The summed E-state index contributed by atoms with van der Waals surface area (Å²) < 4.78 is 49.8. The Balaban J connectivity index is 1.33. The number of benzene rings is 2. The van der Waals surface area contributed by atoms with Gasteiger partial charge in [-0.2, -0.15) is 11.8 Å². The van der Waals surface area contributed by atoms with E-state index in [4.69, 9.17) is 4.74 Å². The van der Waals surface area contributed by atoms with Gasteiger partial charge in [0.2, 0.25) is 5.91 Å². The van der Waals surface area contributed by atoms with Crippen LogP contribution < -0.4 is 4.74 Å². The lowest BCUT2D eigenvalue weighted by atomic mass is 9.87. The number of nitrogens with one attached hydrogen (secondary N) is 1. The zero-order valence-corrected chi connectivity index (χ0v) is 21.5. The summed E-state index contributed by atoms with van der Waals surface area (Å²) >= 11 is 1.71. The Morgan fingerprint density at radius 1 is 1.16 bits per heavy atom. The van der Waals surface area contributed by atoms with E-state index in [9.17, 15) is 9.18 Å². The molecule has 0 radical (unpaired) electrons. The topological polar surface area (TPSA) is 48.6 Å². The minimum absolute atomic E-state index is 0.0548. The Hall–Kier alpha value is -2.65. The zero-order chi connectivity index (χ0) is 25.7. The average molecular weight is 530 g/mol. The van der Waals surface area contributed by atoms with Gasteiger partial charge in [0.05, 0.1) is 18.2 Å². The number of fused-ring (bicyclic) bond motifs is 3. The molecule has 2 atom stereocenters. The van der Waals surface area contributed by atoms with Crippen molar-refractivity contribution >= 4 is 28.6 Å². The molecule has 4 heterocycles. The van der Waals surface area contributed by atoms with E-state index in [-0.39, 0.29) is 48.4 Å². The van der Waals surface area contributed by atoms with Gasteiger partial charge in [0.25, 0.3) is 0 Å². The summed E-state index contributed by atoms with van der Waals surface area (Å²) in [6.45, 7) is 3.81. The Kier molecular flexibility index (Phi) is 6.61. The molecule has 0 saturated carbocycles. The predicted octanol–water partition coefficient (Wildman–Crippen LogP) is 4.95. The molecule has 3 aliphatic heterocycles. The highest BCUT2D eigenvalue weighted by Crippen LogP contribution is 2.44. The molecule has 1 amide bonds. The van der Waals surface area contributed by atoms with Crippen LogP contribution in [0.1, 0.15) is 29.8 Å². The van der Waals surface area contributed by atoms with Gasteiger partial charge in [0.15, 0.2) is 0 Å². The van der Waals surface area contributed by atoms with Gasteiger partial charge in [-0.05, 0) is 25.0 Å². The number of nitrogens with zero attached hydrogens (tertiary/aromatic N) is 2. The number of aromatic amines is 1. The molecule has 3 aromatic rings. The van der Waals surface area contributed by atoms with Crippen LogP contribution in [0, 0.1) is 23.5 Å². The highest BCUT2D eigenvalue weighted by Gasteiger charge is 2.44. The molecule has 5 nitrogen and oxygen atoms in total. The summed E-state index contributed by atoms with van der Waals surface area (Å²) in [5, 5.41) is 1.02. The van der Waals surface area contributed by atoms with Crippen molar-refractivity contribution in [2.75, 3.05) is 44.4 Å². The molecular formula is C28H30F3N3O2S. The van der Waals surface area contributed by atoms with Crippen molar-refractivity contribution in [1.29, 1.82) is 0 Å². The minimum atomic E-state index is -0.892. The second-order valence-corrected chi connectivity index (χ2v) is 11.5. The first kappa shape index (κ1) is 24.7. The van der Waals surface area contributed by atoms with Gasteiger partial charge in [-0.1, -0.05) is 18.2 Å². The number of rotatable bonds is 7. The van der Waals surface area contributed by atoms with Gasteiger partial charge in [-0.25, -0.2) is 8.78 Å². The van der Waals surface area contributed by atoms with Gasteiger partial charge >= 0.3 is 0 Å². The summed E-state index contributed by atoms with van der Waals surface area (Å²) in [5.41, 5.74) is 2.42. The maximum atomic E-state index is 15.7. The summed E-state index contributed by atoms with van der Waals surface area (Å²) in [6, 6.07) is 9.14. The van der Waals surface area contributed by atoms with Crippen LogP contribution in [0.2, 0.25) is 0 Å². The maximum absolute atomic E-state index is 15.7. The highest BCUT2D eigenvalue weighted by atomic mass is 32.2. The lowest BCUT2D eigenvalue weighted by molar-refractivity contribution is -0.139. The van der Waals surface area contributed by atoms with Crippen molar-refractivity contribution in [2.24, 2.45) is 11.8 Å². The summed E-state index contributed by atoms with van der Waals surface area (Å²) in [7, 11) is 0. The van der Waals surface area contributed by atoms with Crippen molar-refractivity contribution in [2.45, 2.75) is 25.4 Å². The second-order valence-electron chi connectivity index (χ2n) is 10.4. The number of halogens is 3. The van der Waals surface area contributed by atoms with Crippen LogP contribution in [0.4, 0.5) is 13.2 Å². The van der Waals surface area contributed by atoms with Crippen LogP contribution in [-0.2, 0) is 11.2 Å². The van der Waals surface area contributed by atoms with Crippen molar-refractivity contribution in [3.63, 3.8) is 0 Å². The van der Waals surface area contributed by atoms with Crippen LogP contribution in [-0.4, -0.2) is 71.2 Å². The monoisotopic (exact) mass is 529 g/mol. The highest BCUT2D eigenvalue weighted by molar-refractivity contribution is 8.00. The number of hydrogen-bond donors (Lipinski definition) is 1. The summed E-state index contributed by atoms with van der Waals surface area (Å²) in [6.07, 6.45) is 0.617. The standard InChI is InChI=1S/C28H30F3N3O2S/c1-16-8-21-20-4-2-3-5-24(20)32-26(21)27(34(16)28(35)18-14-37-15-18)25-22(30)9-19(10-23(25)31)36-7-6-33-12-17(11-29)13-33/h2-5,9-10,16-18,27,32H,6-8,11-15H2,1H3/t16-,27-/m1/s1. The maximum Gasteiger partial charge on any atom is 0.228 e. The SMILES string of the molecule is C[C@@H]1Cc2c([nH]c3ccccc23)[C@@H](c2c(F)cc(OCCN3CC(CF)C3)cc2F)N1C(=O)C1CSC1. The molecule has 6 rings (SSSR count). The number of carbonyl (C=O) groups excluding carboxylic acids is 1. The molecular weight excluding hydrogens is 499 g/mol. The molecule has 0 bridgehead atoms. The Bertz CT molecular complexity index is 1300. The fourth-order valence-corrected chi connectivity index (χ4v) is 6.59. The van der Waals surface area contributed by atoms with E-state index in [1.165, 1.54) is 12.1 Å². The molecule has 1 N–H and O–H groups in total. The molecule has 2 aromatic carbocycles. The van der Waals surface area contributed by atoms with Crippen LogP contribution in [0.15, 0.2) is 36.4 Å². The molecule has 0 unspecified atom stereocenters. The van der Waals surface area contributed by atoms with Gasteiger partial charge < -0.3 is 14.6 Å². The number of amides is 1. The van der Waals surface area contributed by atoms with E-state index in [2.05, 4.69) is 9.88 Å². The summed E-state index contributed by atoms with van der Waals surface area (Å²) in [4.78, 5) is 20.7. The van der Waals surface area contributed by atoms with Crippen LogP contribution in [0.25, 0.3) is 10.9 Å². The van der Waals surface area contributed by atoms with E-state index in [1.807, 2.05) is 31.2 Å². The first-order valence-corrected chi connectivity index (χ1v) is 14.0. The number of aromatic nitrogens is 1. The first-order chi connectivity index (χ1) is 17.9. The fraction of sp³-hybridized carbons (Fsp3) is 0.464. The lowest BCUT2D eigenvalue weighted by Gasteiger charge is -2.44. The third-order valence-electron chi connectivity index (χ3n) is 7.87. The number of likely N-dealkylation sites (tertiary alicyclic amines) is 1. The van der Waals surface area contributed by atoms with E-state index < -0.39 is 17.7 Å². The van der Waals surface area contributed by atoms with Crippen LogP contribution in [0.5, 0.6) is 5.75 Å². The molecule has 2 fully saturated rings. The Morgan fingerprint density at radius 3 is 2.57 bits per heavy atom. The second kappa shape index (κ2) is 9.91. The summed E-state index contributed by atoms with van der Waals surface area (Å²) in [5.74, 6) is -0.0125. The number of para-hydroxylation sites is 1. The average Bonchev–Trinajstić information content (AvgIpc) is 3.17. The molecule has 37 heavy (non-hydrogen) atoms. The van der Waals surface area contributed by atoms with Gasteiger partial charge in [0.1, 0.15) is 30.0 Å². The van der Waals surface area contributed by atoms with Crippen molar-refractivity contribution in [3.05, 3.63) is 64.9 Å². The smallest absolute Gasteiger partial charge is 0.228 e. The number of ether oxygens (including phenoxy) is 1. The molecule has 0 aliphatic carbocycles. The zero-order valence-electron chi connectivity index (χ0n) is 20.7. The van der Waals surface area contributed by atoms with E-state index in [0.717, 1.165) is 28.0 Å². The third kappa shape index (κ3) is 4.40. The first-order valence-electron chi connectivity index (χ1n) is 12.8. The molecule has 0 spiro atoms. The van der Waals surface area contributed by atoms with E-state index >= 15 is 8.78 Å². The van der Waals surface area contributed by atoms with E-state index in [0.29, 0.717) is 31.7 Å². The van der Waals surface area contributed by atoms with Crippen molar-refractivity contribution < 1.29 is 22.7 Å². The fourth-order valence-electron chi connectivity index (χ4n) is 5.83. The number of H-pyrrole nitrogens is 1. The van der Waals surface area contributed by atoms with Gasteiger partial charge in [0, 0.05) is 71.8 Å². The van der Waals surface area contributed by atoms with Gasteiger partial charge in [-0.3, -0.25) is 14.1 Å². The number of hydrogen-bond acceptors (Lipinski definition) is 4. The quantitative estimate of drug-likeness (QED) is 0.471. The Morgan fingerprint density at radius 2 is 1.89 bits per heavy atom. The minimum Gasteiger partial charge on any atom is -0.492 e. The molecule has 3 aliphatic rings. The largest absolute Gasteiger partial charge is 0.492 e. The van der Waals surface area contributed by atoms with Crippen molar-refractivity contribution in [1.82, 2.24) is 14.8 Å². The lowest BCUT2D eigenvalue weighted by Crippen LogP contribution is -2.51. The molecule has 9 heteroatoms. The number of alkyl halides is 1. The number of carbonyl (C=O) groups is 1. The van der Waals surface area contributed by atoms with Crippen molar-refractivity contribution in [3.8, 4) is 5.75 Å². The van der Waals surface area contributed by atoms with Crippen LogP contribution in [0.3, 0.4) is 0 Å². The van der Waals surface area contributed by atoms with Gasteiger partial charge in [-0.15, -0.1) is 0 Å². The normalized spacial score (nSPS) is 22.5. The Labute approximate surface area is 218 Å². The third-order valence-corrected chi connectivity index (χ3v) is 9.14. The molecule has 2 saturated heterocycles. The van der Waals surface area contributed by atoms with E-state index in [1.54, 1.807) is 16.7 Å². The molecule has 1 aromatic heterocycles. The van der Waals surface area contributed by atoms with Crippen LogP contribution >= 0.6 is 11.8 Å². The predicted molar refractivity (Wildman–Crippen MR) is 139 cm³/mol. The number of thioether (sulfide) groups is 1.